The first-order valence-electron chi connectivity index (χ1n) is 14.1. The number of fused-ring (bicyclic) bond motifs is 3. The van der Waals surface area contributed by atoms with Crippen LogP contribution in [0.1, 0.15) is 71.6 Å². The van der Waals surface area contributed by atoms with Gasteiger partial charge in [-0.3, -0.25) is 0 Å². The van der Waals surface area contributed by atoms with Crippen LogP contribution in [-0.2, 0) is 28.5 Å². The molecule has 0 aromatic rings. The zero-order chi connectivity index (χ0) is 26.3. The summed E-state index contributed by atoms with van der Waals surface area (Å²) in [4.78, 5) is 12.9. The highest BCUT2D eigenvalue weighted by molar-refractivity contribution is 5.82. The molecule has 2 N–H and O–H groups in total. The number of carbonyl (C=O) groups excluding carboxylic acids is 1. The largest absolute Gasteiger partial charge is 0.458 e. The second-order valence-corrected chi connectivity index (χ2v) is 11.1. The zero-order valence-electron chi connectivity index (χ0n) is 22.5. The quantitative estimate of drug-likeness (QED) is 0.309. The third kappa shape index (κ3) is 8.62. The molecule has 7 nitrogen and oxygen atoms in total. The van der Waals surface area contributed by atoms with Crippen molar-refractivity contribution in [1.29, 1.82) is 0 Å². The average molecular weight is 516 g/mol. The normalized spacial score (nSPS) is 38.0. The Morgan fingerprint density at radius 3 is 2.81 bits per heavy atom. The molecule has 7 heteroatoms. The minimum atomic E-state index is -0.694. The second kappa shape index (κ2) is 13.3. The number of ether oxygens (including phenoxy) is 5. The van der Waals surface area contributed by atoms with Crippen LogP contribution in [0, 0.1) is 11.8 Å². The lowest BCUT2D eigenvalue weighted by Crippen LogP contribution is -2.33. The van der Waals surface area contributed by atoms with Crippen LogP contribution in [0.2, 0.25) is 0 Å². The lowest BCUT2D eigenvalue weighted by Gasteiger charge is -2.28. The van der Waals surface area contributed by atoms with Gasteiger partial charge in [-0.05, 0) is 56.9 Å². The van der Waals surface area contributed by atoms with E-state index in [1.54, 1.807) is 0 Å². The second-order valence-electron chi connectivity index (χ2n) is 11.1. The Balaban J connectivity index is 1.49. The van der Waals surface area contributed by atoms with Crippen molar-refractivity contribution in [3.05, 3.63) is 48.6 Å². The van der Waals surface area contributed by atoms with Crippen molar-refractivity contribution in [3.8, 4) is 0 Å². The predicted octanol–water partition coefficient (Wildman–Crippen LogP) is 5.11. The van der Waals surface area contributed by atoms with E-state index in [-0.39, 0.29) is 42.6 Å². The fourth-order valence-corrected chi connectivity index (χ4v) is 5.68. The Kier molecular flexibility index (Phi) is 10.2. The Bertz CT molecular complexity index is 862. The summed E-state index contributed by atoms with van der Waals surface area (Å²) in [5.74, 6) is 0.142. The van der Waals surface area contributed by atoms with Gasteiger partial charge in [-0.1, -0.05) is 56.7 Å². The summed E-state index contributed by atoms with van der Waals surface area (Å²) < 4.78 is 29.5. The molecule has 0 radical (unpaired) electrons. The van der Waals surface area contributed by atoms with Gasteiger partial charge in [0.25, 0.3) is 0 Å². The van der Waals surface area contributed by atoms with E-state index in [9.17, 15) is 4.79 Å². The van der Waals surface area contributed by atoms with E-state index >= 15 is 0 Å². The fourth-order valence-electron chi connectivity index (χ4n) is 5.68. The fraction of sp³-hybridized carbons (Fsp3) is 0.700. The lowest BCUT2D eigenvalue weighted by atomic mass is 9.89. The Hall–Kier alpha value is -1.77. The van der Waals surface area contributed by atoms with E-state index in [2.05, 4.69) is 38.7 Å². The standard InChI is InChI=1S/C30H45NO6/c1-4-7-23(12-13-29-33-16-17-34-29)26-20-27-30(31,37-27)15-14-21(2)18-22(3)19-25-10-5-8-24(35-25)9-6-11-28(32)36-26/h5-6,8,11-13,22-27,29H,2,4,7,9-10,14-20,31H2,1,3H3/b11-6-,13-12+. The summed E-state index contributed by atoms with van der Waals surface area (Å²) in [5.41, 5.74) is 7.11. The van der Waals surface area contributed by atoms with E-state index in [4.69, 9.17) is 29.4 Å². The molecule has 4 aliphatic rings. The summed E-state index contributed by atoms with van der Waals surface area (Å²) in [7, 11) is 0. The molecule has 37 heavy (non-hydrogen) atoms. The number of epoxide rings is 1. The smallest absolute Gasteiger partial charge is 0.330 e. The number of nitrogens with two attached hydrogens (primary N) is 1. The monoisotopic (exact) mass is 515 g/mol. The zero-order valence-corrected chi connectivity index (χ0v) is 22.5. The van der Waals surface area contributed by atoms with Crippen LogP contribution in [-0.4, -0.2) is 55.6 Å². The van der Waals surface area contributed by atoms with Gasteiger partial charge in [-0.25, -0.2) is 4.79 Å². The number of rotatable bonds is 5. The molecule has 2 bridgehead atoms. The predicted molar refractivity (Wildman–Crippen MR) is 142 cm³/mol. The van der Waals surface area contributed by atoms with Gasteiger partial charge in [0.2, 0.25) is 0 Å². The molecule has 7 unspecified atom stereocenters. The summed E-state index contributed by atoms with van der Waals surface area (Å²) in [5, 5.41) is 0. The Morgan fingerprint density at radius 2 is 2.03 bits per heavy atom. The van der Waals surface area contributed by atoms with E-state index in [1.807, 2.05) is 12.2 Å². The van der Waals surface area contributed by atoms with E-state index < -0.39 is 5.72 Å². The SMILES string of the molecule is C=C1CCC2(N)OC2CC(C(/C=C/C2OCCO2)CCC)OC(=O)/C=C\CC2C=CCC(CC(C)C1)O2. The van der Waals surface area contributed by atoms with Crippen molar-refractivity contribution < 1.29 is 28.5 Å². The summed E-state index contributed by atoms with van der Waals surface area (Å²) >= 11 is 0. The van der Waals surface area contributed by atoms with Gasteiger partial charge in [-0.2, -0.15) is 0 Å². The third-order valence-electron chi connectivity index (χ3n) is 7.74. The van der Waals surface area contributed by atoms with Crippen LogP contribution in [0.15, 0.2) is 48.6 Å². The summed E-state index contributed by atoms with van der Waals surface area (Å²) in [6, 6.07) is 0. The first-order chi connectivity index (χ1) is 17.8. The molecule has 4 heterocycles. The van der Waals surface area contributed by atoms with Crippen LogP contribution < -0.4 is 5.73 Å². The molecule has 4 rings (SSSR count). The van der Waals surface area contributed by atoms with Gasteiger partial charge >= 0.3 is 5.97 Å². The molecule has 0 aromatic heterocycles. The first kappa shape index (κ1) is 28.2. The van der Waals surface area contributed by atoms with Crippen LogP contribution in [0.3, 0.4) is 0 Å². The lowest BCUT2D eigenvalue weighted by molar-refractivity contribution is -0.145. The third-order valence-corrected chi connectivity index (χ3v) is 7.74. The first-order valence-corrected chi connectivity index (χ1v) is 14.1. The minimum Gasteiger partial charge on any atom is -0.458 e. The van der Waals surface area contributed by atoms with Gasteiger partial charge in [-0.15, -0.1) is 0 Å². The molecular formula is C30H45NO6. The van der Waals surface area contributed by atoms with Gasteiger partial charge in [0.05, 0.1) is 25.4 Å². The molecule has 4 aliphatic heterocycles. The van der Waals surface area contributed by atoms with Crippen LogP contribution in [0.5, 0.6) is 0 Å². The van der Waals surface area contributed by atoms with Gasteiger partial charge in [0.15, 0.2) is 6.29 Å². The molecule has 0 amide bonds. The molecule has 206 valence electrons. The van der Waals surface area contributed by atoms with Gasteiger partial charge in [0, 0.05) is 18.4 Å². The number of cyclic esters (lactones) is 1. The maximum Gasteiger partial charge on any atom is 0.330 e. The Morgan fingerprint density at radius 1 is 1.22 bits per heavy atom. The number of allylic oxidation sites excluding steroid dienone is 1. The van der Waals surface area contributed by atoms with Crippen molar-refractivity contribution in [1.82, 2.24) is 0 Å². The van der Waals surface area contributed by atoms with Crippen molar-refractivity contribution in [2.24, 2.45) is 17.6 Å². The highest BCUT2D eigenvalue weighted by Gasteiger charge is 2.54. The number of esters is 1. The average Bonchev–Trinajstić information content (AvgIpc) is 3.23. The van der Waals surface area contributed by atoms with Crippen molar-refractivity contribution in [3.63, 3.8) is 0 Å². The summed E-state index contributed by atoms with van der Waals surface area (Å²) in [6.45, 7) is 9.89. The molecule has 0 aromatic carbocycles. The van der Waals surface area contributed by atoms with E-state index in [1.165, 1.54) is 11.6 Å². The van der Waals surface area contributed by atoms with Crippen molar-refractivity contribution in [2.45, 2.75) is 108 Å². The van der Waals surface area contributed by atoms with Gasteiger partial charge in [0.1, 0.15) is 17.9 Å². The van der Waals surface area contributed by atoms with Crippen LogP contribution in [0.25, 0.3) is 0 Å². The molecular weight excluding hydrogens is 470 g/mol. The number of hydrogen-bond donors (Lipinski definition) is 1. The molecule has 0 saturated carbocycles. The van der Waals surface area contributed by atoms with Crippen LogP contribution >= 0.6 is 0 Å². The maximum absolute atomic E-state index is 12.9. The summed E-state index contributed by atoms with van der Waals surface area (Å²) in [6.07, 6.45) is 18.4. The molecule has 0 spiro atoms. The van der Waals surface area contributed by atoms with Crippen molar-refractivity contribution in [2.75, 3.05) is 13.2 Å². The molecule has 2 fully saturated rings. The van der Waals surface area contributed by atoms with Crippen LogP contribution in [0.4, 0.5) is 0 Å². The van der Waals surface area contributed by atoms with Crippen molar-refractivity contribution >= 4 is 5.97 Å². The number of hydrogen-bond acceptors (Lipinski definition) is 7. The van der Waals surface area contributed by atoms with Gasteiger partial charge < -0.3 is 29.4 Å². The Labute approximate surface area is 222 Å². The highest BCUT2D eigenvalue weighted by Crippen LogP contribution is 2.41. The molecule has 7 atom stereocenters. The number of carbonyl (C=O) groups is 1. The van der Waals surface area contributed by atoms with E-state index in [0.717, 1.165) is 38.5 Å². The molecule has 2 saturated heterocycles. The maximum atomic E-state index is 12.9. The minimum absolute atomic E-state index is 0.00961. The molecule has 0 aliphatic carbocycles. The van der Waals surface area contributed by atoms with E-state index in [0.29, 0.717) is 38.4 Å². The topological polar surface area (TPSA) is 92.5 Å². The highest BCUT2D eigenvalue weighted by atomic mass is 16.7.